The minimum Gasteiger partial charge on any atom is -0.488 e. The first kappa shape index (κ1) is 21.5. The Balaban J connectivity index is 1.55. The van der Waals surface area contributed by atoms with Crippen LogP contribution in [-0.4, -0.2) is 33.7 Å². The highest BCUT2D eigenvalue weighted by Crippen LogP contribution is 2.36. The number of nitrogens with zero attached hydrogens (tertiary/aromatic N) is 3. The first-order chi connectivity index (χ1) is 15.8. The van der Waals surface area contributed by atoms with E-state index >= 15 is 0 Å². The molecule has 2 aromatic carbocycles. The molecule has 1 saturated heterocycles. The van der Waals surface area contributed by atoms with E-state index in [1.54, 1.807) is 12.3 Å². The molecule has 0 aliphatic carbocycles. The second-order valence-corrected chi connectivity index (χ2v) is 8.22. The molecule has 5 rings (SSSR count). The summed E-state index contributed by atoms with van der Waals surface area (Å²) in [6.07, 6.45) is -0.105. The van der Waals surface area contributed by atoms with Crippen LogP contribution >= 0.6 is 0 Å². The number of ether oxygens (including phenoxy) is 2. The van der Waals surface area contributed by atoms with Gasteiger partial charge < -0.3 is 14.8 Å². The predicted octanol–water partition coefficient (Wildman–Crippen LogP) is 5.55. The Morgan fingerprint density at radius 1 is 1.24 bits per heavy atom. The zero-order valence-corrected chi connectivity index (χ0v) is 18.2. The molecule has 0 radical (unpaired) electrons. The topological polar surface area (TPSA) is 60.7 Å². The van der Waals surface area contributed by atoms with E-state index in [0.29, 0.717) is 36.1 Å². The zero-order valence-electron chi connectivity index (χ0n) is 18.2. The Morgan fingerprint density at radius 3 is 2.85 bits per heavy atom. The minimum atomic E-state index is -4.41. The van der Waals surface area contributed by atoms with Crippen LogP contribution in [0.4, 0.5) is 19.0 Å². The maximum absolute atomic E-state index is 13.4. The number of imidazole rings is 1. The Bertz CT molecular complexity index is 1310. The normalized spacial score (nSPS) is 17.5. The van der Waals surface area contributed by atoms with Crippen LogP contribution in [0.2, 0.25) is 0 Å². The lowest BCUT2D eigenvalue weighted by Crippen LogP contribution is -2.16. The number of hydrogen-bond acceptors (Lipinski definition) is 5. The molecule has 6 nitrogen and oxygen atoms in total. The number of fused-ring (bicyclic) bond motifs is 3. The highest BCUT2D eigenvalue weighted by atomic mass is 19.4. The fourth-order valence-corrected chi connectivity index (χ4v) is 4.34. The van der Waals surface area contributed by atoms with Crippen molar-refractivity contribution < 1.29 is 22.6 Å². The molecular formula is C24H23F3N4O2. The van der Waals surface area contributed by atoms with E-state index in [4.69, 9.17) is 9.47 Å². The molecule has 0 amide bonds. The summed E-state index contributed by atoms with van der Waals surface area (Å²) in [7, 11) is 0. The highest BCUT2D eigenvalue weighted by Gasteiger charge is 2.33. The summed E-state index contributed by atoms with van der Waals surface area (Å²) in [5.74, 6) is 1.71. The van der Waals surface area contributed by atoms with E-state index in [1.165, 1.54) is 13.0 Å². The molecular weight excluding hydrogens is 433 g/mol. The third-order valence-corrected chi connectivity index (χ3v) is 6.01. The van der Waals surface area contributed by atoms with Crippen molar-refractivity contribution >= 4 is 22.5 Å². The van der Waals surface area contributed by atoms with Crippen LogP contribution in [0.25, 0.3) is 16.7 Å². The maximum Gasteiger partial charge on any atom is 0.416 e. The molecule has 2 aromatic heterocycles. The first-order valence-electron chi connectivity index (χ1n) is 10.8. The fourth-order valence-electron chi connectivity index (χ4n) is 4.34. The van der Waals surface area contributed by atoms with Gasteiger partial charge in [-0.15, -0.1) is 0 Å². The average Bonchev–Trinajstić information content (AvgIpc) is 3.45. The lowest BCUT2D eigenvalue weighted by Gasteiger charge is -2.21. The van der Waals surface area contributed by atoms with Crippen LogP contribution in [0.1, 0.15) is 36.1 Å². The summed E-state index contributed by atoms with van der Waals surface area (Å²) in [6.45, 7) is 4.54. The van der Waals surface area contributed by atoms with Gasteiger partial charge in [-0.3, -0.25) is 4.40 Å². The van der Waals surface area contributed by atoms with Gasteiger partial charge in [0.15, 0.2) is 0 Å². The maximum atomic E-state index is 13.4. The molecule has 4 aromatic rings. The number of halogens is 3. The second kappa shape index (κ2) is 8.22. The number of nitrogens with one attached hydrogen (secondary N) is 1. The van der Waals surface area contributed by atoms with Gasteiger partial charge in [0, 0.05) is 24.2 Å². The molecule has 3 heterocycles. The molecule has 9 heteroatoms. The molecule has 0 spiro atoms. The molecule has 1 N–H and O–H groups in total. The minimum absolute atomic E-state index is 0.00419. The van der Waals surface area contributed by atoms with Gasteiger partial charge in [-0.1, -0.05) is 12.1 Å². The number of hydrogen-bond donors (Lipinski definition) is 1. The van der Waals surface area contributed by atoms with Crippen molar-refractivity contribution in [1.29, 1.82) is 0 Å². The summed E-state index contributed by atoms with van der Waals surface area (Å²) in [5, 5.41) is 4.10. The predicted molar refractivity (Wildman–Crippen MR) is 119 cm³/mol. The molecule has 1 fully saturated rings. The lowest BCUT2D eigenvalue weighted by atomic mass is 9.97. The Hall–Kier alpha value is -3.33. The van der Waals surface area contributed by atoms with Gasteiger partial charge >= 0.3 is 6.18 Å². The van der Waals surface area contributed by atoms with Gasteiger partial charge in [0.25, 0.3) is 0 Å². The third-order valence-electron chi connectivity index (χ3n) is 6.01. The van der Waals surface area contributed by atoms with Gasteiger partial charge in [-0.2, -0.15) is 18.2 Å². The van der Waals surface area contributed by atoms with Crippen LogP contribution in [0.3, 0.4) is 0 Å². The largest absolute Gasteiger partial charge is 0.488 e. The zero-order chi connectivity index (χ0) is 23.2. The molecule has 1 aliphatic heterocycles. The number of aromatic nitrogens is 3. The summed E-state index contributed by atoms with van der Waals surface area (Å²) in [6, 6.07) is 9.54. The van der Waals surface area contributed by atoms with E-state index in [2.05, 4.69) is 15.3 Å². The first-order valence-corrected chi connectivity index (χ1v) is 10.8. The number of rotatable bonds is 5. The van der Waals surface area contributed by atoms with E-state index in [1.807, 2.05) is 35.7 Å². The van der Waals surface area contributed by atoms with Crippen LogP contribution < -0.4 is 10.1 Å². The summed E-state index contributed by atoms with van der Waals surface area (Å²) >= 11 is 0. The van der Waals surface area contributed by atoms with Crippen molar-refractivity contribution in [1.82, 2.24) is 14.4 Å². The van der Waals surface area contributed by atoms with Crippen LogP contribution in [0.15, 0.2) is 48.8 Å². The van der Waals surface area contributed by atoms with E-state index < -0.39 is 17.8 Å². The quantitative estimate of drug-likeness (QED) is 0.427. The van der Waals surface area contributed by atoms with E-state index in [0.717, 1.165) is 23.4 Å². The van der Waals surface area contributed by atoms with Gasteiger partial charge in [0.2, 0.25) is 5.78 Å². The second-order valence-electron chi connectivity index (χ2n) is 8.22. The Labute approximate surface area is 188 Å². The standard InChI is InChI=1S/C24H23F3N4O2/c1-14-18(4-3-5-20(14)24(25,26)27)15(2)29-22-19-12-16(33-17-8-11-32-13-17)6-7-21(19)31-10-9-28-23(31)30-22/h3-7,9-10,12,15,17H,8,11,13H2,1-2H3,(H,28,29,30)/t15-,17+/m1/s1. The molecule has 0 bridgehead atoms. The molecule has 0 saturated carbocycles. The summed E-state index contributed by atoms with van der Waals surface area (Å²) in [5.41, 5.74) is 0.979. The monoisotopic (exact) mass is 456 g/mol. The number of alkyl halides is 3. The molecule has 33 heavy (non-hydrogen) atoms. The van der Waals surface area contributed by atoms with Gasteiger partial charge in [0.1, 0.15) is 17.7 Å². The third kappa shape index (κ3) is 4.08. The average molecular weight is 456 g/mol. The molecule has 2 atom stereocenters. The van der Waals surface area contributed by atoms with Gasteiger partial charge in [0.05, 0.1) is 30.3 Å². The van der Waals surface area contributed by atoms with Crippen molar-refractivity contribution in [2.24, 2.45) is 0 Å². The lowest BCUT2D eigenvalue weighted by molar-refractivity contribution is -0.138. The Kier molecular flexibility index (Phi) is 5.36. The molecule has 0 unspecified atom stereocenters. The summed E-state index contributed by atoms with van der Waals surface area (Å²) < 4.78 is 53.6. The molecule has 1 aliphatic rings. The SMILES string of the molecule is Cc1c([C@@H](C)Nc2nc3nccn3c3ccc(O[C@H]4CCOC4)cc23)cccc1C(F)(F)F. The van der Waals surface area contributed by atoms with Crippen molar-refractivity contribution in [2.75, 3.05) is 18.5 Å². The van der Waals surface area contributed by atoms with Crippen molar-refractivity contribution in [2.45, 2.75) is 38.6 Å². The van der Waals surface area contributed by atoms with Crippen LogP contribution in [0, 0.1) is 6.92 Å². The van der Waals surface area contributed by atoms with Crippen LogP contribution in [-0.2, 0) is 10.9 Å². The summed E-state index contributed by atoms with van der Waals surface area (Å²) in [4.78, 5) is 8.94. The smallest absolute Gasteiger partial charge is 0.416 e. The van der Waals surface area contributed by atoms with Crippen molar-refractivity contribution in [3.05, 3.63) is 65.5 Å². The molecule has 172 valence electrons. The van der Waals surface area contributed by atoms with Gasteiger partial charge in [-0.05, 0) is 49.2 Å². The number of benzene rings is 2. The van der Waals surface area contributed by atoms with Gasteiger partial charge in [-0.25, -0.2) is 4.98 Å². The van der Waals surface area contributed by atoms with E-state index in [9.17, 15) is 13.2 Å². The van der Waals surface area contributed by atoms with E-state index in [-0.39, 0.29) is 11.7 Å². The Morgan fingerprint density at radius 2 is 2.09 bits per heavy atom. The number of anilines is 1. The highest BCUT2D eigenvalue weighted by molar-refractivity contribution is 5.92. The van der Waals surface area contributed by atoms with Crippen molar-refractivity contribution in [3.63, 3.8) is 0 Å². The fraction of sp³-hybridized carbons (Fsp3) is 0.333. The van der Waals surface area contributed by atoms with Crippen LogP contribution in [0.5, 0.6) is 5.75 Å². The van der Waals surface area contributed by atoms with Crippen molar-refractivity contribution in [3.8, 4) is 5.75 Å².